The number of aromatic hydroxyl groups is 1. The molecule has 76 heavy (non-hydrogen) atoms. The van der Waals surface area contributed by atoms with Crippen LogP contribution in [0, 0.1) is 22.5 Å². The summed E-state index contributed by atoms with van der Waals surface area (Å²) < 4.78 is 55.6. The minimum Gasteiger partial charge on any atom is -0.508 e. The van der Waals surface area contributed by atoms with E-state index in [4.69, 9.17) is 14.7 Å². The lowest BCUT2D eigenvalue weighted by molar-refractivity contribution is -0.136. The number of alkyl halides is 1. The molecule has 1 spiro atoms. The standard InChI is InChI=1S/C58H68F3N9O6/c1-3-40-44(59)8-5-36-28-39(71)29-42(47(36)40)49-48(60)50-43(30-62-49)51(69-20-4-11-55(2,75)32-69)65-54(64-50)76-35-57(12-13-57)33-66-21-18-56(19-22-66)14-16-58(61,17-15-56)34-67-23-25-68(26-24-67)38-6-7-41-37(27-38)31-70(53(41)74)45-9-10-46(72)63-52(45)73/h5-8,27-30,45,71,75H,3-4,9-26,31-35H2,1-2H3,(H,63,72,73)/t45-,55+/m0/s1. The summed E-state index contributed by atoms with van der Waals surface area (Å²) >= 11 is 0. The minimum absolute atomic E-state index is 0.00484. The molecule has 2 aromatic heterocycles. The number of fused-ring (bicyclic) bond motifs is 3. The van der Waals surface area contributed by atoms with Gasteiger partial charge in [-0.25, -0.2) is 13.2 Å². The van der Waals surface area contributed by atoms with E-state index < -0.39 is 34.9 Å². The van der Waals surface area contributed by atoms with Crippen LogP contribution in [0.3, 0.4) is 0 Å². The number of carbonyl (C=O) groups excluding carboxylic acids is 3. The van der Waals surface area contributed by atoms with Gasteiger partial charge in [-0.2, -0.15) is 9.97 Å². The third-order valence-corrected chi connectivity index (χ3v) is 18.3. The largest absolute Gasteiger partial charge is 0.508 e. The van der Waals surface area contributed by atoms with Crippen molar-refractivity contribution in [2.45, 2.75) is 121 Å². The van der Waals surface area contributed by atoms with Gasteiger partial charge in [0.05, 0.1) is 17.6 Å². The number of pyridine rings is 1. The molecule has 2 atom stereocenters. The predicted molar refractivity (Wildman–Crippen MR) is 282 cm³/mol. The topological polar surface area (TPSA) is 168 Å². The zero-order valence-electron chi connectivity index (χ0n) is 43.6. The highest BCUT2D eigenvalue weighted by Crippen LogP contribution is 2.52. The highest BCUT2D eigenvalue weighted by molar-refractivity contribution is 6.06. The molecule has 7 heterocycles. The van der Waals surface area contributed by atoms with Crippen LogP contribution in [0.15, 0.2) is 48.7 Å². The average Bonchev–Trinajstić information content (AvgIpc) is 4.11. The first-order valence-electron chi connectivity index (χ1n) is 27.6. The number of benzene rings is 3. The number of nitrogens with zero attached hydrogens (tertiary/aromatic N) is 8. The van der Waals surface area contributed by atoms with Crippen molar-refractivity contribution in [1.82, 2.24) is 35.0 Å². The summed E-state index contributed by atoms with van der Waals surface area (Å²) in [6.07, 6.45) is 10.7. The minimum atomic E-state index is -1.22. The molecule has 402 valence electrons. The fourth-order valence-electron chi connectivity index (χ4n) is 13.6. The summed E-state index contributed by atoms with van der Waals surface area (Å²) in [4.78, 5) is 62.2. The zero-order chi connectivity index (χ0) is 52.7. The third kappa shape index (κ3) is 9.71. The molecule has 5 aliphatic heterocycles. The van der Waals surface area contributed by atoms with Gasteiger partial charge in [0.15, 0.2) is 5.82 Å². The van der Waals surface area contributed by atoms with Crippen molar-refractivity contribution in [1.29, 1.82) is 0 Å². The van der Waals surface area contributed by atoms with E-state index in [0.717, 1.165) is 95.6 Å². The monoisotopic (exact) mass is 1040 g/mol. The van der Waals surface area contributed by atoms with Crippen LogP contribution in [-0.4, -0.2) is 147 Å². The van der Waals surface area contributed by atoms with Gasteiger partial charge in [0.1, 0.15) is 40.3 Å². The molecular weight excluding hydrogens is 976 g/mol. The van der Waals surface area contributed by atoms with Crippen molar-refractivity contribution in [3.05, 3.63) is 77.0 Å². The zero-order valence-corrected chi connectivity index (χ0v) is 43.6. The summed E-state index contributed by atoms with van der Waals surface area (Å²) in [7, 11) is 0. The molecule has 2 saturated carbocycles. The molecule has 12 rings (SSSR count). The van der Waals surface area contributed by atoms with Crippen LogP contribution in [0.4, 0.5) is 24.7 Å². The van der Waals surface area contributed by atoms with Crippen LogP contribution in [0.2, 0.25) is 0 Å². The summed E-state index contributed by atoms with van der Waals surface area (Å²) in [5, 5.41) is 25.7. The maximum atomic E-state index is 17.2. The van der Waals surface area contributed by atoms with Gasteiger partial charge in [0, 0.05) is 93.7 Å². The second-order valence-corrected chi connectivity index (χ2v) is 23.7. The molecular formula is C58H68F3N9O6. The summed E-state index contributed by atoms with van der Waals surface area (Å²) in [5.74, 6) is -1.73. The van der Waals surface area contributed by atoms with Gasteiger partial charge in [-0.1, -0.05) is 13.0 Å². The van der Waals surface area contributed by atoms with E-state index in [1.807, 2.05) is 30.0 Å². The predicted octanol–water partition coefficient (Wildman–Crippen LogP) is 7.85. The highest BCUT2D eigenvalue weighted by Gasteiger charge is 2.49. The normalized spacial score (nSPS) is 24.6. The van der Waals surface area contributed by atoms with Gasteiger partial charge in [-0.05, 0) is 161 Å². The maximum absolute atomic E-state index is 17.2. The van der Waals surface area contributed by atoms with Crippen molar-refractivity contribution in [3.8, 4) is 23.0 Å². The quantitative estimate of drug-likeness (QED) is 0.104. The van der Waals surface area contributed by atoms with Gasteiger partial charge >= 0.3 is 6.01 Å². The number of imide groups is 1. The number of ether oxygens (including phenoxy) is 1. The number of anilines is 2. The van der Waals surface area contributed by atoms with Crippen LogP contribution in [0.1, 0.15) is 112 Å². The molecule has 0 unspecified atom stereocenters. The van der Waals surface area contributed by atoms with Crippen LogP contribution in [0.25, 0.3) is 32.9 Å². The number of aliphatic hydroxyl groups is 1. The fraction of sp³-hybridized carbons (Fsp3) is 0.552. The fourth-order valence-corrected chi connectivity index (χ4v) is 13.6. The summed E-state index contributed by atoms with van der Waals surface area (Å²) in [6.45, 7) is 11.4. The second-order valence-electron chi connectivity index (χ2n) is 23.7. The Balaban J connectivity index is 0.661. The molecule has 15 nitrogen and oxygen atoms in total. The van der Waals surface area contributed by atoms with Crippen molar-refractivity contribution >= 4 is 50.9 Å². The number of halogens is 3. The van der Waals surface area contributed by atoms with Crippen molar-refractivity contribution in [3.63, 3.8) is 0 Å². The van der Waals surface area contributed by atoms with Crippen LogP contribution >= 0.6 is 0 Å². The molecule has 2 aliphatic carbocycles. The van der Waals surface area contributed by atoms with Crippen molar-refractivity contribution in [2.24, 2.45) is 10.8 Å². The summed E-state index contributed by atoms with van der Waals surface area (Å²) in [6, 6.07) is 11.1. The Bertz CT molecular complexity index is 3130. The number of aryl methyl sites for hydroxylation is 1. The molecule has 3 N–H and O–H groups in total. The number of β-amino-alcohol motifs (C(OH)–C–C–N with tert-alkyl or cyclic N) is 1. The number of carbonyl (C=O) groups is 3. The second kappa shape index (κ2) is 19.4. The van der Waals surface area contributed by atoms with Crippen LogP contribution in [-0.2, 0) is 22.6 Å². The number of phenolic OH excluding ortho intramolecular Hbond substituents is 1. The molecule has 5 aromatic rings. The molecule has 6 fully saturated rings. The summed E-state index contributed by atoms with van der Waals surface area (Å²) in [5.41, 5.74) is 0.918. The molecule has 0 bridgehead atoms. The van der Waals surface area contributed by atoms with E-state index >= 15 is 13.2 Å². The third-order valence-electron chi connectivity index (χ3n) is 18.3. The van der Waals surface area contributed by atoms with Crippen LogP contribution < -0.4 is 19.9 Å². The lowest BCUT2D eigenvalue weighted by Crippen LogP contribution is -2.53. The smallest absolute Gasteiger partial charge is 0.319 e. The van der Waals surface area contributed by atoms with E-state index in [9.17, 15) is 24.6 Å². The number of likely N-dealkylation sites (tertiary alicyclic amines) is 1. The van der Waals surface area contributed by atoms with Gasteiger partial charge < -0.3 is 34.5 Å². The molecule has 4 saturated heterocycles. The Morgan fingerprint density at radius 3 is 2.32 bits per heavy atom. The van der Waals surface area contributed by atoms with Gasteiger partial charge in [0.25, 0.3) is 5.91 Å². The number of nitrogens with one attached hydrogen (secondary N) is 1. The number of hydrogen-bond acceptors (Lipinski definition) is 13. The number of piperidine rings is 3. The van der Waals surface area contributed by atoms with Gasteiger partial charge in [-0.15, -0.1) is 0 Å². The van der Waals surface area contributed by atoms with E-state index in [0.29, 0.717) is 97.9 Å². The Morgan fingerprint density at radius 1 is 0.829 bits per heavy atom. The van der Waals surface area contributed by atoms with E-state index in [2.05, 4.69) is 25.0 Å². The molecule has 18 heteroatoms. The molecule has 3 aromatic carbocycles. The Morgan fingerprint density at radius 2 is 1.59 bits per heavy atom. The molecule has 7 aliphatic rings. The van der Waals surface area contributed by atoms with Gasteiger partial charge in [-0.3, -0.25) is 29.6 Å². The Kier molecular flexibility index (Phi) is 12.9. The van der Waals surface area contributed by atoms with E-state index in [-0.39, 0.29) is 64.1 Å². The first-order chi connectivity index (χ1) is 36.5. The first kappa shape index (κ1) is 50.7. The average molecular weight is 1040 g/mol. The number of piperazine rings is 1. The Hall–Kier alpha value is -6.11. The van der Waals surface area contributed by atoms with E-state index in [1.54, 1.807) is 17.9 Å². The van der Waals surface area contributed by atoms with Crippen LogP contribution in [0.5, 0.6) is 11.8 Å². The van der Waals surface area contributed by atoms with Crippen molar-refractivity contribution in [2.75, 3.05) is 81.9 Å². The maximum Gasteiger partial charge on any atom is 0.319 e. The lowest BCUT2D eigenvalue weighted by atomic mass is 9.64. The SMILES string of the molecule is CCc1c(F)ccc2cc(O)cc(-c3ncc4c(N5CCC[C@@](C)(O)C5)nc(OCC5(CN6CCC7(CC6)CCC(F)(CN6CCN(c8ccc9c(c8)CN([C@H]8CCC(=O)NC8=O)C9=O)CC6)CC7)CC5)nc4c3F)c12. The first-order valence-corrected chi connectivity index (χ1v) is 27.6. The molecule has 0 radical (unpaired) electrons. The number of rotatable bonds is 12. The lowest BCUT2D eigenvalue weighted by Gasteiger charge is -2.49. The van der Waals surface area contributed by atoms with Crippen molar-refractivity contribution < 1.29 is 42.5 Å². The number of amides is 3. The number of hydrogen-bond donors (Lipinski definition) is 3. The number of phenols is 1. The Labute approximate surface area is 440 Å². The highest BCUT2D eigenvalue weighted by atomic mass is 19.1. The van der Waals surface area contributed by atoms with Gasteiger partial charge in [0.2, 0.25) is 11.8 Å². The molecule has 3 amide bonds. The number of aromatic nitrogens is 3. The van der Waals surface area contributed by atoms with E-state index in [1.165, 1.54) is 24.4 Å².